The lowest BCUT2D eigenvalue weighted by molar-refractivity contribution is -0.00202. The van der Waals surface area contributed by atoms with Crippen molar-refractivity contribution in [2.24, 2.45) is 0 Å². The number of rotatable bonds is 2. The van der Waals surface area contributed by atoms with Crippen molar-refractivity contribution in [1.29, 1.82) is 0 Å². The molecule has 6 heteroatoms. The lowest BCUT2D eigenvalue weighted by Gasteiger charge is -2.35. The lowest BCUT2D eigenvalue weighted by atomic mass is 9.93. The zero-order valence-corrected chi connectivity index (χ0v) is 12.5. The summed E-state index contributed by atoms with van der Waals surface area (Å²) < 4.78 is 22.7. The maximum absolute atomic E-state index is 12.3. The number of amides is 1. The van der Waals surface area contributed by atoms with Crippen LogP contribution in [-0.4, -0.2) is 49.3 Å². The second-order valence-corrected chi connectivity index (χ2v) is 7.60. The second kappa shape index (κ2) is 5.18. The van der Waals surface area contributed by atoms with E-state index in [4.69, 9.17) is 0 Å². The standard InChI is InChI=1S/C14H19NO4S/c1-14(17)7-9-15(10-8-14)13(16)11-3-5-12(6-4-11)20(2,18)19/h3-6,17H,7-10H2,1-2H3. The van der Waals surface area contributed by atoms with E-state index in [0.29, 0.717) is 31.5 Å². The van der Waals surface area contributed by atoms with Crippen LogP contribution in [0, 0.1) is 0 Å². The highest BCUT2D eigenvalue weighted by Crippen LogP contribution is 2.22. The van der Waals surface area contributed by atoms with Crippen LogP contribution in [0.15, 0.2) is 29.2 Å². The zero-order chi connectivity index (χ0) is 15.0. The van der Waals surface area contributed by atoms with Gasteiger partial charge in [0, 0.05) is 24.9 Å². The number of hydrogen-bond donors (Lipinski definition) is 1. The SMILES string of the molecule is CC1(O)CCN(C(=O)c2ccc(S(C)(=O)=O)cc2)CC1. The molecule has 1 aliphatic rings. The lowest BCUT2D eigenvalue weighted by Crippen LogP contribution is -2.45. The highest BCUT2D eigenvalue weighted by Gasteiger charge is 2.29. The monoisotopic (exact) mass is 297 g/mol. The summed E-state index contributed by atoms with van der Waals surface area (Å²) in [5.41, 5.74) is -0.226. The van der Waals surface area contributed by atoms with Crippen molar-refractivity contribution in [3.05, 3.63) is 29.8 Å². The maximum atomic E-state index is 12.3. The third-order valence-corrected chi connectivity index (χ3v) is 4.79. The minimum absolute atomic E-state index is 0.124. The topological polar surface area (TPSA) is 74.7 Å². The van der Waals surface area contributed by atoms with Crippen molar-refractivity contribution in [2.45, 2.75) is 30.3 Å². The Morgan fingerprint density at radius 3 is 2.15 bits per heavy atom. The quantitative estimate of drug-likeness (QED) is 0.886. The molecule has 0 spiro atoms. The van der Waals surface area contributed by atoms with Crippen LogP contribution in [0.3, 0.4) is 0 Å². The van der Waals surface area contributed by atoms with Crippen molar-refractivity contribution in [2.75, 3.05) is 19.3 Å². The Morgan fingerprint density at radius 2 is 1.70 bits per heavy atom. The predicted molar refractivity (Wildman–Crippen MR) is 75.3 cm³/mol. The van der Waals surface area contributed by atoms with Crippen molar-refractivity contribution in [3.8, 4) is 0 Å². The van der Waals surface area contributed by atoms with E-state index in [1.807, 2.05) is 0 Å². The minimum Gasteiger partial charge on any atom is -0.390 e. The molecule has 1 amide bonds. The molecule has 1 N–H and O–H groups in total. The van der Waals surface area contributed by atoms with Gasteiger partial charge in [-0.25, -0.2) is 8.42 Å². The average Bonchev–Trinajstić information content (AvgIpc) is 2.37. The maximum Gasteiger partial charge on any atom is 0.253 e. The van der Waals surface area contributed by atoms with Gasteiger partial charge in [-0.1, -0.05) is 0 Å². The largest absolute Gasteiger partial charge is 0.390 e. The Kier molecular flexibility index (Phi) is 3.88. The average molecular weight is 297 g/mol. The molecule has 1 saturated heterocycles. The Bertz CT molecular complexity index is 595. The molecular formula is C14H19NO4S. The third-order valence-electron chi connectivity index (χ3n) is 3.66. The van der Waals surface area contributed by atoms with Gasteiger partial charge in [0.25, 0.3) is 5.91 Å². The highest BCUT2D eigenvalue weighted by atomic mass is 32.2. The molecule has 110 valence electrons. The molecule has 0 radical (unpaired) electrons. The molecule has 0 aromatic heterocycles. The van der Waals surface area contributed by atoms with Gasteiger partial charge in [0.05, 0.1) is 10.5 Å². The number of carbonyl (C=O) groups is 1. The zero-order valence-electron chi connectivity index (χ0n) is 11.7. The van der Waals surface area contributed by atoms with Gasteiger partial charge >= 0.3 is 0 Å². The fraction of sp³-hybridized carbons (Fsp3) is 0.500. The summed E-state index contributed by atoms with van der Waals surface area (Å²) >= 11 is 0. The molecule has 1 heterocycles. The number of piperidine rings is 1. The number of carbonyl (C=O) groups excluding carboxylic acids is 1. The first-order valence-electron chi connectivity index (χ1n) is 6.51. The van der Waals surface area contributed by atoms with Gasteiger partial charge in [0.2, 0.25) is 0 Å². The second-order valence-electron chi connectivity index (χ2n) is 5.59. The fourth-order valence-electron chi connectivity index (χ4n) is 2.22. The Hall–Kier alpha value is -1.40. The predicted octanol–water partition coefficient (Wildman–Crippen LogP) is 1.08. The van der Waals surface area contributed by atoms with Crippen molar-refractivity contribution >= 4 is 15.7 Å². The normalized spacial score (nSPS) is 18.9. The van der Waals surface area contributed by atoms with Gasteiger partial charge in [0.1, 0.15) is 0 Å². The van der Waals surface area contributed by atoms with E-state index in [0.717, 1.165) is 6.26 Å². The number of aliphatic hydroxyl groups is 1. The molecule has 1 aromatic rings. The van der Waals surface area contributed by atoms with Crippen LogP contribution in [0.4, 0.5) is 0 Å². The molecule has 0 bridgehead atoms. The number of likely N-dealkylation sites (tertiary alicyclic amines) is 1. The van der Waals surface area contributed by atoms with E-state index >= 15 is 0 Å². The summed E-state index contributed by atoms with van der Waals surface area (Å²) in [6.45, 7) is 2.80. The molecule has 2 rings (SSSR count). The molecule has 5 nitrogen and oxygen atoms in total. The van der Waals surface area contributed by atoms with Crippen LogP contribution < -0.4 is 0 Å². The van der Waals surface area contributed by atoms with Gasteiger partial charge in [-0.2, -0.15) is 0 Å². The van der Waals surface area contributed by atoms with Gasteiger partial charge in [-0.05, 0) is 44.0 Å². The van der Waals surface area contributed by atoms with Crippen molar-refractivity contribution in [1.82, 2.24) is 4.90 Å². The van der Waals surface area contributed by atoms with E-state index in [1.54, 1.807) is 11.8 Å². The van der Waals surface area contributed by atoms with E-state index in [-0.39, 0.29) is 10.8 Å². The summed E-state index contributed by atoms with van der Waals surface area (Å²) in [6, 6.07) is 5.96. The summed E-state index contributed by atoms with van der Waals surface area (Å²) in [5, 5.41) is 9.87. The Labute approximate surface area is 119 Å². The van der Waals surface area contributed by atoms with E-state index in [9.17, 15) is 18.3 Å². The van der Waals surface area contributed by atoms with E-state index in [1.165, 1.54) is 24.3 Å². The van der Waals surface area contributed by atoms with Gasteiger partial charge < -0.3 is 10.0 Å². The molecule has 0 saturated carbocycles. The minimum atomic E-state index is -3.24. The Morgan fingerprint density at radius 1 is 1.20 bits per heavy atom. The number of sulfone groups is 1. The molecular weight excluding hydrogens is 278 g/mol. The first kappa shape index (κ1) is 15.0. The summed E-state index contributed by atoms with van der Waals surface area (Å²) in [6.07, 6.45) is 2.25. The van der Waals surface area contributed by atoms with Crippen LogP contribution in [0.2, 0.25) is 0 Å². The molecule has 1 aliphatic heterocycles. The van der Waals surface area contributed by atoms with Crippen LogP contribution in [0.25, 0.3) is 0 Å². The van der Waals surface area contributed by atoms with Crippen LogP contribution in [0.1, 0.15) is 30.1 Å². The van der Waals surface area contributed by atoms with Gasteiger partial charge in [-0.3, -0.25) is 4.79 Å². The number of benzene rings is 1. The van der Waals surface area contributed by atoms with E-state index < -0.39 is 15.4 Å². The first-order chi connectivity index (χ1) is 9.19. The number of hydrogen-bond acceptors (Lipinski definition) is 4. The van der Waals surface area contributed by atoms with Crippen LogP contribution in [-0.2, 0) is 9.84 Å². The number of nitrogens with zero attached hydrogens (tertiary/aromatic N) is 1. The summed E-state index contributed by atoms with van der Waals surface area (Å²) in [5.74, 6) is -0.124. The van der Waals surface area contributed by atoms with Crippen molar-refractivity contribution in [3.63, 3.8) is 0 Å². The molecule has 0 atom stereocenters. The van der Waals surface area contributed by atoms with Crippen LogP contribution in [0.5, 0.6) is 0 Å². The summed E-state index contributed by atoms with van der Waals surface area (Å²) in [4.78, 5) is 14.2. The molecule has 0 unspecified atom stereocenters. The molecule has 0 aliphatic carbocycles. The van der Waals surface area contributed by atoms with Crippen LogP contribution >= 0.6 is 0 Å². The fourth-order valence-corrected chi connectivity index (χ4v) is 2.85. The third kappa shape index (κ3) is 3.37. The molecule has 20 heavy (non-hydrogen) atoms. The van der Waals surface area contributed by atoms with Crippen molar-refractivity contribution < 1.29 is 18.3 Å². The molecule has 1 fully saturated rings. The molecule has 1 aromatic carbocycles. The smallest absolute Gasteiger partial charge is 0.253 e. The Balaban J connectivity index is 2.11. The highest BCUT2D eigenvalue weighted by molar-refractivity contribution is 7.90. The van der Waals surface area contributed by atoms with Gasteiger partial charge in [0.15, 0.2) is 9.84 Å². The first-order valence-corrected chi connectivity index (χ1v) is 8.40. The summed E-state index contributed by atoms with van der Waals surface area (Å²) in [7, 11) is -3.24. The van der Waals surface area contributed by atoms with E-state index in [2.05, 4.69) is 0 Å². The van der Waals surface area contributed by atoms with Gasteiger partial charge in [-0.15, -0.1) is 0 Å².